The molecular formula is C16H9IS. The van der Waals surface area contributed by atoms with Crippen LogP contribution in [0.1, 0.15) is 0 Å². The van der Waals surface area contributed by atoms with Gasteiger partial charge in [-0.05, 0) is 40.1 Å². The Kier molecular flexibility index (Phi) is 2.35. The summed E-state index contributed by atoms with van der Waals surface area (Å²) in [4.78, 5) is 0. The molecule has 0 aliphatic rings. The van der Waals surface area contributed by atoms with Crippen LogP contribution in [0.4, 0.5) is 0 Å². The van der Waals surface area contributed by atoms with Crippen molar-refractivity contribution in [2.24, 2.45) is 0 Å². The molecule has 0 unspecified atom stereocenters. The van der Waals surface area contributed by atoms with E-state index in [1.807, 2.05) is 11.3 Å². The summed E-state index contributed by atoms with van der Waals surface area (Å²) in [5.74, 6) is 0. The van der Waals surface area contributed by atoms with Crippen LogP contribution >= 0.6 is 33.9 Å². The average Bonchev–Trinajstić information content (AvgIpc) is 2.77. The molecule has 0 N–H and O–H groups in total. The van der Waals surface area contributed by atoms with Gasteiger partial charge in [0.2, 0.25) is 0 Å². The summed E-state index contributed by atoms with van der Waals surface area (Å²) in [7, 11) is 0. The zero-order chi connectivity index (χ0) is 12.1. The van der Waals surface area contributed by atoms with Crippen molar-refractivity contribution in [1.82, 2.24) is 0 Å². The van der Waals surface area contributed by atoms with Gasteiger partial charge in [-0.2, -0.15) is 0 Å². The van der Waals surface area contributed by atoms with Crippen LogP contribution in [0.2, 0.25) is 0 Å². The van der Waals surface area contributed by atoms with Crippen molar-refractivity contribution in [2.75, 3.05) is 0 Å². The first-order valence-electron chi connectivity index (χ1n) is 5.83. The molecule has 0 atom stereocenters. The topological polar surface area (TPSA) is 0 Å². The lowest BCUT2D eigenvalue weighted by Crippen LogP contribution is -1.77. The Bertz CT molecular complexity index is 889. The minimum Gasteiger partial charge on any atom is -0.134 e. The molecule has 4 aromatic rings. The molecule has 1 aromatic heterocycles. The van der Waals surface area contributed by atoms with Crippen LogP contribution in [0.25, 0.3) is 30.9 Å². The minimum atomic E-state index is 1.33. The monoisotopic (exact) mass is 360 g/mol. The molecule has 0 saturated carbocycles. The molecule has 0 amide bonds. The number of benzene rings is 3. The predicted molar refractivity (Wildman–Crippen MR) is 89.6 cm³/mol. The first-order chi connectivity index (χ1) is 8.84. The maximum Gasteiger partial charge on any atom is 0.0444 e. The summed E-state index contributed by atoms with van der Waals surface area (Å²) in [6.45, 7) is 0. The fourth-order valence-electron chi connectivity index (χ4n) is 2.51. The van der Waals surface area contributed by atoms with Gasteiger partial charge in [-0.1, -0.05) is 42.5 Å². The van der Waals surface area contributed by atoms with Crippen molar-refractivity contribution >= 4 is 64.9 Å². The van der Waals surface area contributed by atoms with Gasteiger partial charge in [-0.15, -0.1) is 11.3 Å². The highest BCUT2D eigenvalue weighted by Gasteiger charge is 2.09. The molecule has 0 aliphatic heterocycles. The summed E-state index contributed by atoms with van der Waals surface area (Å²) in [6.07, 6.45) is 0. The summed E-state index contributed by atoms with van der Waals surface area (Å²) >= 11 is 4.34. The fourth-order valence-corrected chi connectivity index (χ4v) is 4.75. The molecule has 18 heavy (non-hydrogen) atoms. The van der Waals surface area contributed by atoms with E-state index in [2.05, 4.69) is 77.2 Å². The van der Waals surface area contributed by atoms with E-state index in [1.54, 1.807) is 0 Å². The zero-order valence-electron chi connectivity index (χ0n) is 9.48. The molecule has 3 aromatic carbocycles. The van der Waals surface area contributed by atoms with E-state index >= 15 is 0 Å². The first-order valence-corrected chi connectivity index (χ1v) is 7.72. The second-order valence-electron chi connectivity index (χ2n) is 4.38. The Hall–Kier alpha value is -1.13. The second kappa shape index (κ2) is 3.93. The number of halogens is 1. The second-order valence-corrected chi connectivity index (χ2v) is 6.59. The zero-order valence-corrected chi connectivity index (χ0v) is 12.5. The lowest BCUT2D eigenvalue weighted by atomic mass is 10.1. The van der Waals surface area contributed by atoms with Crippen LogP contribution < -0.4 is 0 Å². The van der Waals surface area contributed by atoms with Crippen molar-refractivity contribution < 1.29 is 0 Å². The quantitative estimate of drug-likeness (QED) is 0.347. The molecule has 0 radical (unpaired) electrons. The normalized spacial score (nSPS) is 11.6. The van der Waals surface area contributed by atoms with Gasteiger partial charge in [0, 0.05) is 29.1 Å². The van der Waals surface area contributed by atoms with E-state index in [0.29, 0.717) is 0 Å². The van der Waals surface area contributed by atoms with Crippen LogP contribution in [-0.4, -0.2) is 0 Å². The fraction of sp³-hybridized carbons (Fsp3) is 0. The smallest absolute Gasteiger partial charge is 0.0444 e. The van der Waals surface area contributed by atoms with Crippen molar-refractivity contribution in [3.63, 3.8) is 0 Å². The van der Waals surface area contributed by atoms with Gasteiger partial charge in [-0.25, -0.2) is 0 Å². The SMILES string of the molecule is Ic1cccc2ccc3c4ccccc4sc3c12. The number of hydrogen-bond donors (Lipinski definition) is 0. The molecule has 0 bridgehead atoms. The highest BCUT2D eigenvalue weighted by atomic mass is 127. The van der Waals surface area contributed by atoms with E-state index in [9.17, 15) is 0 Å². The summed E-state index contributed by atoms with van der Waals surface area (Å²) in [5, 5.41) is 5.49. The standard InChI is InChI=1S/C16H9IS/c17-13-6-3-4-10-8-9-12-11-5-1-2-7-14(11)18-16(12)15(10)13/h1-9H. The van der Waals surface area contributed by atoms with Crippen LogP contribution in [0.5, 0.6) is 0 Å². The summed E-state index contributed by atoms with van der Waals surface area (Å²) in [6, 6.07) is 19.7. The molecule has 0 saturated heterocycles. The maximum atomic E-state index is 2.44. The third-order valence-corrected chi connectivity index (χ3v) is 5.44. The van der Waals surface area contributed by atoms with Gasteiger partial charge in [0.05, 0.1) is 0 Å². The molecule has 1 heterocycles. The molecule has 0 spiro atoms. The number of fused-ring (bicyclic) bond motifs is 5. The van der Waals surface area contributed by atoms with Crippen molar-refractivity contribution in [2.45, 2.75) is 0 Å². The minimum absolute atomic E-state index is 1.33. The molecule has 2 heteroatoms. The van der Waals surface area contributed by atoms with Gasteiger partial charge in [0.1, 0.15) is 0 Å². The van der Waals surface area contributed by atoms with Gasteiger partial charge in [0.25, 0.3) is 0 Å². The highest BCUT2D eigenvalue weighted by Crippen LogP contribution is 2.39. The Morgan fingerprint density at radius 2 is 1.67 bits per heavy atom. The van der Waals surface area contributed by atoms with E-state index in [4.69, 9.17) is 0 Å². The number of hydrogen-bond acceptors (Lipinski definition) is 1. The Morgan fingerprint density at radius 3 is 2.61 bits per heavy atom. The Morgan fingerprint density at radius 1 is 0.778 bits per heavy atom. The van der Waals surface area contributed by atoms with Crippen LogP contribution in [0.15, 0.2) is 54.6 Å². The number of rotatable bonds is 0. The van der Waals surface area contributed by atoms with Crippen LogP contribution in [0, 0.1) is 3.57 Å². The molecule has 0 fully saturated rings. The molecule has 0 aliphatic carbocycles. The van der Waals surface area contributed by atoms with E-state index in [1.165, 1.54) is 34.5 Å². The Labute approximate surface area is 122 Å². The van der Waals surface area contributed by atoms with E-state index in [0.717, 1.165) is 0 Å². The third-order valence-electron chi connectivity index (χ3n) is 3.34. The Balaban J connectivity index is 2.35. The van der Waals surface area contributed by atoms with Gasteiger partial charge >= 0.3 is 0 Å². The molecular weight excluding hydrogens is 351 g/mol. The predicted octanol–water partition coefficient (Wildman–Crippen LogP) is 5.81. The van der Waals surface area contributed by atoms with Crippen molar-refractivity contribution in [3.05, 3.63) is 58.2 Å². The van der Waals surface area contributed by atoms with Gasteiger partial charge in [-0.3, -0.25) is 0 Å². The average molecular weight is 360 g/mol. The van der Waals surface area contributed by atoms with Crippen molar-refractivity contribution in [3.8, 4) is 0 Å². The summed E-state index contributed by atoms with van der Waals surface area (Å²) < 4.78 is 4.13. The van der Waals surface area contributed by atoms with Gasteiger partial charge in [0.15, 0.2) is 0 Å². The van der Waals surface area contributed by atoms with Crippen LogP contribution in [-0.2, 0) is 0 Å². The third kappa shape index (κ3) is 1.42. The van der Waals surface area contributed by atoms with Crippen LogP contribution in [0.3, 0.4) is 0 Å². The first kappa shape index (κ1) is 10.8. The molecule has 0 nitrogen and oxygen atoms in total. The maximum absolute atomic E-state index is 2.44. The lowest BCUT2D eigenvalue weighted by molar-refractivity contribution is 1.76. The van der Waals surface area contributed by atoms with Gasteiger partial charge < -0.3 is 0 Å². The molecule has 86 valence electrons. The number of thiophene rings is 1. The largest absolute Gasteiger partial charge is 0.134 e. The summed E-state index contributed by atoms with van der Waals surface area (Å²) in [5.41, 5.74) is 0. The van der Waals surface area contributed by atoms with E-state index in [-0.39, 0.29) is 0 Å². The van der Waals surface area contributed by atoms with Crippen molar-refractivity contribution in [1.29, 1.82) is 0 Å². The highest BCUT2D eigenvalue weighted by molar-refractivity contribution is 14.1. The van der Waals surface area contributed by atoms with E-state index < -0.39 is 0 Å². The lowest BCUT2D eigenvalue weighted by Gasteiger charge is -2.01. The molecule has 4 rings (SSSR count).